The van der Waals surface area contributed by atoms with Crippen LogP contribution in [0, 0.1) is 11.8 Å². The number of aliphatic hydroxyl groups is 1. The van der Waals surface area contributed by atoms with Gasteiger partial charge < -0.3 is 40.5 Å². The molecule has 336 valence electrons. The highest BCUT2D eigenvalue weighted by Crippen LogP contribution is 2.22. The zero-order valence-electron chi connectivity index (χ0n) is 36.9. The molecule has 5 N–H and O–H groups in total. The van der Waals surface area contributed by atoms with Crippen LogP contribution in [-0.2, 0) is 39.9 Å². The summed E-state index contributed by atoms with van der Waals surface area (Å²) in [6.07, 6.45) is -0.423. The van der Waals surface area contributed by atoms with Gasteiger partial charge in [0, 0.05) is 31.0 Å². The second-order valence-electron chi connectivity index (χ2n) is 16.9. The van der Waals surface area contributed by atoms with Crippen molar-refractivity contribution in [1.82, 2.24) is 26.2 Å². The van der Waals surface area contributed by atoms with E-state index in [1.54, 1.807) is 95.8 Å². The number of carbonyl (C=O) groups is 6. The quantitative estimate of drug-likeness (QED) is 0.0428. The average molecular weight is 850 g/mol. The minimum Gasteiger partial charge on any atom is -0.595 e. The van der Waals surface area contributed by atoms with Gasteiger partial charge in [-0.3, -0.25) is 29.5 Å². The third-order valence-electron chi connectivity index (χ3n) is 10.5. The smallest absolute Gasteiger partial charge is 0.345 e. The van der Waals surface area contributed by atoms with Crippen molar-refractivity contribution < 1.29 is 48.5 Å². The molecule has 2 aromatic rings. The van der Waals surface area contributed by atoms with Gasteiger partial charge in [0.1, 0.15) is 30.4 Å². The summed E-state index contributed by atoms with van der Waals surface area (Å²) in [6.45, 7) is 15.9. The van der Waals surface area contributed by atoms with E-state index < -0.39 is 83.8 Å². The number of amides is 4. The van der Waals surface area contributed by atoms with Gasteiger partial charge >= 0.3 is 11.9 Å². The molecule has 1 heterocycles. The van der Waals surface area contributed by atoms with Gasteiger partial charge in [0.15, 0.2) is 0 Å². The molecule has 3 rings (SSSR count). The molecule has 2 aromatic carbocycles. The fraction of sp³-hybridized carbons (Fsp3) is 0.578. The third-order valence-corrected chi connectivity index (χ3v) is 10.5. The SMILES string of the molecule is CC[C@H](NC(=O)[C@H](N=C([O-])OC(C)(C)C)C(C)C)C(=O)NC(C(O)N[C@@H](C)C(=O)N1CCCC1CC(=O)N[C@@H](Cc1ccccc1)C(=O)OC(=O)c1ccccc1)[C@@H](C)CC. The predicted molar refractivity (Wildman–Crippen MR) is 227 cm³/mol. The number of likely N-dealkylation sites (tertiary alicyclic amines) is 1. The number of rotatable bonds is 20. The van der Waals surface area contributed by atoms with Crippen LogP contribution in [-0.4, -0.2) is 106 Å². The van der Waals surface area contributed by atoms with Gasteiger partial charge in [0.2, 0.25) is 23.6 Å². The number of esters is 2. The maximum absolute atomic E-state index is 13.9. The Morgan fingerprint density at radius 1 is 0.869 bits per heavy atom. The number of nitrogens with zero attached hydrogens (tertiary/aromatic N) is 2. The fourth-order valence-corrected chi connectivity index (χ4v) is 6.90. The van der Waals surface area contributed by atoms with Crippen molar-refractivity contribution >= 4 is 41.7 Å². The molecule has 61 heavy (non-hydrogen) atoms. The van der Waals surface area contributed by atoms with Crippen LogP contribution in [0.5, 0.6) is 0 Å². The van der Waals surface area contributed by atoms with E-state index in [1.165, 1.54) is 12.1 Å². The van der Waals surface area contributed by atoms with Crippen molar-refractivity contribution in [2.45, 2.75) is 149 Å². The van der Waals surface area contributed by atoms with E-state index in [0.717, 1.165) is 5.56 Å². The Labute approximate surface area is 359 Å². The van der Waals surface area contributed by atoms with Crippen LogP contribution < -0.4 is 26.4 Å². The Balaban J connectivity index is 1.66. The molecule has 0 aromatic heterocycles. The van der Waals surface area contributed by atoms with Crippen LogP contribution in [0.25, 0.3) is 0 Å². The van der Waals surface area contributed by atoms with Gasteiger partial charge in [-0.15, -0.1) is 0 Å². The lowest BCUT2D eigenvalue weighted by atomic mass is 9.96. The molecule has 0 spiro atoms. The molecule has 3 unspecified atom stereocenters. The highest BCUT2D eigenvalue weighted by atomic mass is 16.6. The number of hydrogen-bond acceptors (Lipinski definition) is 12. The molecule has 0 saturated carbocycles. The lowest BCUT2D eigenvalue weighted by molar-refractivity contribution is -0.261. The Bertz CT molecular complexity index is 1800. The molecule has 16 heteroatoms. The summed E-state index contributed by atoms with van der Waals surface area (Å²) >= 11 is 0. The minimum atomic E-state index is -1.38. The Morgan fingerprint density at radius 2 is 1.49 bits per heavy atom. The molecule has 0 radical (unpaired) electrons. The lowest BCUT2D eigenvalue weighted by Gasteiger charge is -2.34. The topological polar surface area (TPSA) is 228 Å². The largest absolute Gasteiger partial charge is 0.595 e. The van der Waals surface area contributed by atoms with E-state index in [0.29, 0.717) is 25.8 Å². The molecular weight excluding hydrogens is 785 g/mol. The Kier molecular flexibility index (Phi) is 19.3. The van der Waals surface area contributed by atoms with Gasteiger partial charge in [0.05, 0.1) is 17.6 Å². The maximum Gasteiger partial charge on any atom is 0.345 e. The van der Waals surface area contributed by atoms with Gasteiger partial charge in [-0.05, 0) is 55.7 Å². The summed E-state index contributed by atoms with van der Waals surface area (Å²) in [7, 11) is 0. The molecule has 1 saturated heterocycles. The van der Waals surface area contributed by atoms with Crippen molar-refractivity contribution in [1.29, 1.82) is 0 Å². The second-order valence-corrected chi connectivity index (χ2v) is 16.9. The van der Waals surface area contributed by atoms with E-state index in [4.69, 9.17) is 9.47 Å². The monoisotopic (exact) mass is 849 g/mol. The predicted octanol–water partition coefficient (Wildman–Crippen LogP) is 2.76. The molecule has 8 atom stereocenters. The van der Waals surface area contributed by atoms with Gasteiger partial charge in [0.25, 0.3) is 0 Å². The highest BCUT2D eigenvalue weighted by Gasteiger charge is 2.37. The molecule has 0 bridgehead atoms. The first-order valence-corrected chi connectivity index (χ1v) is 21.2. The number of aliphatic imine (C=N–C) groups is 1. The lowest BCUT2D eigenvalue weighted by Crippen LogP contribution is -2.60. The zero-order chi connectivity index (χ0) is 45.4. The summed E-state index contributed by atoms with van der Waals surface area (Å²) in [4.78, 5) is 85.8. The van der Waals surface area contributed by atoms with Crippen molar-refractivity contribution in [3.8, 4) is 0 Å². The molecule has 1 fully saturated rings. The van der Waals surface area contributed by atoms with E-state index >= 15 is 0 Å². The van der Waals surface area contributed by atoms with Crippen molar-refractivity contribution in [2.24, 2.45) is 16.8 Å². The Morgan fingerprint density at radius 3 is 2.07 bits per heavy atom. The molecule has 4 amide bonds. The third kappa shape index (κ3) is 15.9. The van der Waals surface area contributed by atoms with E-state index in [-0.39, 0.29) is 42.6 Å². The van der Waals surface area contributed by atoms with Crippen molar-refractivity contribution in [3.05, 3.63) is 71.8 Å². The van der Waals surface area contributed by atoms with E-state index in [2.05, 4.69) is 26.3 Å². The molecule has 16 nitrogen and oxygen atoms in total. The van der Waals surface area contributed by atoms with Crippen LogP contribution in [0.2, 0.25) is 0 Å². The minimum absolute atomic E-state index is 0.0707. The van der Waals surface area contributed by atoms with Crippen LogP contribution in [0.1, 0.15) is 110 Å². The number of nitrogens with one attached hydrogen (secondary N) is 4. The normalized spacial score (nSPS) is 17.9. The second kappa shape index (κ2) is 23.6. The Hall–Kier alpha value is -5.35. The van der Waals surface area contributed by atoms with Gasteiger partial charge in [-0.2, -0.15) is 0 Å². The van der Waals surface area contributed by atoms with Crippen LogP contribution in [0.3, 0.4) is 0 Å². The molecule has 1 aliphatic rings. The zero-order valence-corrected chi connectivity index (χ0v) is 36.9. The number of ether oxygens (including phenoxy) is 2. The fourth-order valence-electron chi connectivity index (χ4n) is 6.90. The number of carbonyl (C=O) groups excluding carboxylic acids is 6. The van der Waals surface area contributed by atoms with Gasteiger partial charge in [-0.1, -0.05) is 110 Å². The summed E-state index contributed by atoms with van der Waals surface area (Å²) in [5.74, 6) is -4.48. The summed E-state index contributed by atoms with van der Waals surface area (Å²) in [5.41, 5.74) is 0.115. The van der Waals surface area contributed by atoms with Gasteiger partial charge in [-0.25, -0.2) is 9.59 Å². The van der Waals surface area contributed by atoms with E-state index in [1.807, 2.05) is 19.9 Å². The summed E-state index contributed by atoms with van der Waals surface area (Å²) in [6, 6.07) is 11.4. The maximum atomic E-state index is 13.9. The molecule has 1 aliphatic heterocycles. The van der Waals surface area contributed by atoms with E-state index in [9.17, 15) is 39.0 Å². The average Bonchev–Trinajstić information content (AvgIpc) is 3.67. The molecular formula is C45H65N6O10-. The first-order valence-electron chi connectivity index (χ1n) is 21.2. The molecule has 0 aliphatic carbocycles. The van der Waals surface area contributed by atoms with Crippen LogP contribution in [0.4, 0.5) is 0 Å². The summed E-state index contributed by atoms with van der Waals surface area (Å²) < 4.78 is 10.4. The first kappa shape index (κ1) is 50.0. The van der Waals surface area contributed by atoms with Crippen molar-refractivity contribution in [3.63, 3.8) is 0 Å². The number of hydrogen-bond donors (Lipinski definition) is 5. The first-order chi connectivity index (χ1) is 28.7. The number of benzene rings is 2. The van der Waals surface area contributed by atoms with Crippen molar-refractivity contribution in [2.75, 3.05) is 6.54 Å². The highest BCUT2D eigenvalue weighted by molar-refractivity contribution is 5.99. The summed E-state index contributed by atoms with van der Waals surface area (Å²) in [5, 5.41) is 35.1. The van der Waals surface area contributed by atoms with Crippen LogP contribution in [0.15, 0.2) is 65.7 Å². The van der Waals surface area contributed by atoms with Crippen LogP contribution >= 0.6 is 0 Å². The number of aliphatic hydroxyl groups excluding tert-OH is 1. The standard InChI is InChI=1S/C45H66N6O10/c1-10-28(5)37(49-38(53)33(11-2)48-39(54)36(27(3)4)50-44(59)61-45(7,8)9)40(55)46-29(6)41(56)51-24-18-23-32(51)26-35(52)47-34(25-30-19-14-12-15-20-30)43(58)60-42(57)31-21-16-13-17-22-31/h12-17,19-22,27-29,32-34,36-37,40,46,55H,10-11,18,23-26H2,1-9H3,(H,47,52)(H,48,54)(H,49,53)(H,50,59)/p-1/t28-,29-,32?,33-,34-,36+,37?,40?/m0/s1.